The molecule has 0 aliphatic heterocycles. The summed E-state index contributed by atoms with van der Waals surface area (Å²) in [4.78, 5) is 61.6. The number of carboxylic acids is 1. The van der Waals surface area contributed by atoms with Crippen molar-refractivity contribution in [2.24, 2.45) is 23.3 Å². The monoisotopic (exact) mass is 521 g/mol. The third-order valence-corrected chi connectivity index (χ3v) is 5.61. The van der Waals surface area contributed by atoms with Crippen molar-refractivity contribution < 1.29 is 34.2 Å². The van der Waals surface area contributed by atoms with Gasteiger partial charge in [-0.05, 0) is 48.8 Å². The van der Waals surface area contributed by atoms with Crippen LogP contribution in [0.3, 0.4) is 0 Å². The van der Waals surface area contributed by atoms with E-state index in [0.717, 1.165) is 0 Å². The number of amides is 4. The molecular weight excluding hydrogens is 482 g/mol. The molecule has 0 heterocycles. The van der Waals surface area contributed by atoms with E-state index in [1.165, 1.54) is 12.1 Å². The average molecular weight is 522 g/mol. The third kappa shape index (κ3) is 11.3. The highest BCUT2D eigenvalue weighted by atomic mass is 16.4. The maximum Gasteiger partial charge on any atom is 0.326 e. The van der Waals surface area contributed by atoms with E-state index in [2.05, 4.69) is 16.0 Å². The van der Waals surface area contributed by atoms with Crippen molar-refractivity contribution in [1.29, 1.82) is 0 Å². The summed E-state index contributed by atoms with van der Waals surface area (Å²) in [5.41, 5.74) is 11.9. The van der Waals surface area contributed by atoms with Gasteiger partial charge in [-0.3, -0.25) is 19.2 Å². The van der Waals surface area contributed by atoms with Gasteiger partial charge in [-0.15, -0.1) is 0 Å². The number of aliphatic carboxylic acids is 1. The van der Waals surface area contributed by atoms with Gasteiger partial charge in [0.25, 0.3) is 0 Å². The van der Waals surface area contributed by atoms with Crippen LogP contribution in [0.5, 0.6) is 5.75 Å². The number of nitrogens with one attached hydrogen (secondary N) is 3. The van der Waals surface area contributed by atoms with Crippen molar-refractivity contribution in [2.45, 2.75) is 77.5 Å². The predicted octanol–water partition coefficient (Wildman–Crippen LogP) is -0.231. The highest BCUT2D eigenvalue weighted by Gasteiger charge is 2.31. The Kier molecular flexibility index (Phi) is 12.5. The molecule has 0 aliphatic rings. The molecule has 0 fully saturated rings. The van der Waals surface area contributed by atoms with Crippen LogP contribution in [0.25, 0.3) is 0 Å². The first-order valence-electron chi connectivity index (χ1n) is 12.2. The lowest BCUT2D eigenvalue weighted by Gasteiger charge is -2.26. The van der Waals surface area contributed by atoms with E-state index >= 15 is 0 Å². The minimum absolute atomic E-state index is 0.0143. The fourth-order valence-electron chi connectivity index (χ4n) is 3.56. The molecule has 0 radical (unpaired) electrons. The lowest BCUT2D eigenvalue weighted by atomic mass is 10.00. The van der Waals surface area contributed by atoms with E-state index in [1.54, 1.807) is 26.0 Å². The number of hydrogen-bond acceptors (Lipinski definition) is 7. The maximum absolute atomic E-state index is 13.1. The zero-order valence-electron chi connectivity index (χ0n) is 21.7. The van der Waals surface area contributed by atoms with Crippen LogP contribution in [0.2, 0.25) is 0 Å². The van der Waals surface area contributed by atoms with E-state index in [1.807, 2.05) is 13.8 Å². The number of phenols is 1. The van der Waals surface area contributed by atoms with E-state index in [-0.39, 0.29) is 37.4 Å². The summed E-state index contributed by atoms with van der Waals surface area (Å²) < 4.78 is 0. The highest BCUT2D eigenvalue weighted by molar-refractivity contribution is 5.94. The summed E-state index contributed by atoms with van der Waals surface area (Å²) >= 11 is 0. The van der Waals surface area contributed by atoms with Gasteiger partial charge in [0.2, 0.25) is 23.6 Å². The van der Waals surface area contributed by atoms with E-state index in [9.17, 15) is 34.2 Å². The van der Waals surface area contributed by atoms with Crippen molar-refractivity contribution in [2.75, 3.05) is 0 Å². The minimum atomic E-state index is -1.25. The van der Waals surface area contributed by atoms with Crippen molar-refractivity contribution in [3.8, 4) is 5.75 Å². The summed E-state index contributed by atoms with van der Waals surface area (Å²) in [6, 6.07) is 1.73. The van der Waals surface area contributed by atoms with Gasteiger partial charge in [0.1, 0.15) is 23.9 Å². The molecule has 4 atom stereocenters. The maximum atomic E-state index is 13.1. The first-order chi connectivity index (χ1) is 17.2. The van der Waals surface area contributed by atoms with Crippen LogP contribution < -0.4 is 27.4 Å². The molecule has 0 aliphatic carbocycles. The summed E-state index contributed by atoms with van der Waals surface area (Å²) in [5, 5.41) is 26.3. The van der Waals surface area contributed by atoms with Crippen molar-refractivity contribution in [3.05, 3.63) is 29.8 Å². The van der Waals surface area contributed by atoms with Gasteiger partial charge in [0, 0.05) is 6.42 Å². The number of rotatable bonds is 15. The molecule has 12 nitrogen and oxygen atoms in total. The van der Waals surface area contributed by atoms with Gasteiger partial charge in [0.05, 0.1) is 6.04 Å². The molecule has 0 saturated carbocycles. The second-order valence-corrected chi connectivity index (χ2v) is 9.80. The zero-order valence-corrected chi connectivity index (χ0v) is 21.7. The van der Waals surface area contributed by atoms with Gasteiger partial charge in [0.15, 0.2) is 0 Å². The molecule has 12 heteroatoms. The average Bonchev–Trinajstić information content (AvgIpc) is 2.79. The Hall–Kier alpha value is -3.67. The second kappa shape index (κ2) is 14.8. The lowest BCUT2D eigenvalue weighted by Crippen LogP contribution is -2.58. The normalized spacial score (nSPS) is 14.4. The molecule has 9 N–H and O–H groups in total. The number of carboxylic acid groups (broad SMARTS) is 1. The fraction of sp³-hybridized carbons (Fsp3) is 0.560. The van der Waals surface area contributed by atoms with Crippen LogP contribution >= 0.6 is 0 Å². The standard InChI is InChI=1S/C25H39N5O7/c1-13(2)11-19(29-22(33)17(26)12-15-5-7-16(31)8-6-15)24(35)28-18(9-10-20(27)32)23(34)30-21(14(3)4)25(36)37/h5-8,13-14,17-19,21,31H,9-12,26H2,1-4H3,(H2,27,32)(H,28,35)(H,29,33)(H,30,34)(H,36,37). The second-order valence-electron chi connectivity index (χ2n) is 9.80. The number of nitrogens with two attached hydrogens (primary N) is 2. The Labute approximate surface area is 216 Å². The molecule has 1 rings (SSSR count). The quantitative estimate of drug-likeness (QED) is 0.163. The summed E-state index contributed by atoms with van der Waals surface area (Å²) in [5.74, 6) is -4.36. The first kappa shape index (κ1) is 31.4. The molecule has 0 saturated heterocycles. The van der Waals surface area contributed by atoms with Gasteiger partial charge in [-0.2, -0.15) is 0 Å². The Morgan fingerprint density at radius 1 is 0.865 bits per heavy atom. The molecule has 1 aromatic rings. The molecule has 1 aromatic carbocycles. The molecule has 37 heavy (non-hydrogen) atoms. The Morgan fingerprint density at radius 3 is 1.89 bits per heavy atom. The number of phenolic OH excluding ortho intramolecular Hbond substituents is 1. The molecule has 0 bridgehead atoms. The lowest BCUT2D eigenvalue weighted by molar-refractivity contribution is -0.143. The fourth-order valence-corrected chi connectivity index (χ4v) is 3.56. The molecule has 4 unspecified atom stereocenters. The Bertz CT molecular complexity index is 949. The van der Waals surface area contributed by atoms with Crippen LogP contribution in [0.15, 0.2) is 24.3 Å². The van der Waals surface area contributed by atoms with Crippen LogP contribution in [0.1, 0.15) is 52.5 Å². The zero-order chi connectivity index (χ0) is 28.3. The van der Waals surface area contributed by atoms with Crippen LogP contribution in [0.4, 0.5) is 0 Å². The highest BCUT2D eigenvalue weighted by Crippen LogP contribution is 2.12. The third-order valence-electron chi connectivity index (χ3n) is 5.61. The first-order valence-corrected chi connectivity index (χ1v) is 12.2. The molecular formula is C25H39N5O7. The van der Waals surface area contributed by atoms with Crippen molar-refractivity contribution in [3.63, 3.8) is 0 Å². The van der Waals surface area contributed by atoms with Crippen LogP contribution in [-0.4, -0.2) is 64.0 Å². The SMILES string of the molecule is CC(C)CC(NC(=O)C(N)Cc1ccc(O)cc1)C(=O)NC(CCC(N)=O)C(=O)NC(C(=O)O)C(C)C. The number of hydrogen-bond donors (Lipinski definition) is 7. The summed E-state index contributed by atoms with van der Waals surface area (Å²) in [7, 11) is 0. The minimum Gasteiger partial charge on any atom is -0.508 e. The van der Waals surface area contributed by atoms with Crippen LogP contribution in [-0.2, 0) is 30.4 Å². The molecule has 4 amide bonds. The molecule has 0 aromatic heterocycles. The predicted molar refractivity (Wildman–Crippen MR) is 136 cm³/mol. The summed E-state index contributed by atoms with van der Waals surface area (Å²) in [6.45, 7) is 6.93. The number of primary amides is 1. The van der Waals surface area contributed by atoms with Crippen LogP contribution in [0, 0.1) is 11.8 Å². The van der Waals surface area contributed by atoms with Gasteiger partial charge >= 0.3 is 5.97 Å². The number of carbonyl (C=O) groups is 5. The topological polar surface area (TPSA) is 214 Å². The molecule has 0 spiro atoms. The smallest absolute Gasteiger partial charge is 0.326 e. The molecule has 206 valence electrons. The summed E-state index contributed by atoms with van der Waals surface area (Å²) in [6.07, 6.45) is 0.0193. The van der Waals surface area contributed by atoms with Crippen molar-refractivity contribution in [1.82, 2.24) is 16.0 Å². The number of carbonyl (C=O) groups excluding carboxylic acids is 4. The Morgan fingerprint density at radius 2 is 1.41 bits per heavy atom. The van der Waals surface area contributed by atoms with E-state index < -0.39 is 59.7 Å². The van der Waals surface area contributed by atoms with E-state index in [4.69, 9.17) is 11.5 Å². The largest absolute Gasteiger partial charge is 0.508 e. The van der Waals surface area contributed by atoms with Gasteiger partial charge < -0.3 is 37.6 Å². The Balaban J connectivity index is 3.00. The number of aromatic hydroxyl groups is 1. The van der Waals surface area contributed by atoms with Gasteiger partial charge in [-0.25, -0.2) is 4.79 Å². The number of benzene rings is 1. The van der Waals surface area contributed by atoms with Gasteiger partial charge in [-0.1, -0.05) is 39.8 Å². The van der Waals surface area contributed by atoms with E-state index in [0.29, 0.717) is 5.56 Å². The van der Waals surface area contributed by atoms with Crippen molar-refractivity contribution >= 4 is 29.6 Å².